The van der Waals surface area contributed by atoms with Crippen LogP contribution in [-0.4, -0.2) is 0 Å². The Kier molecular flexibility index (Phi) is 11.0. The van der Waals surface area contributed by atoms with E-state index in [9.17, 15) is 0 Å². The first kappa shape index (κ1) is 44.8. The number of rotatable bonds is 9. The SMILES string of the molecule is C=C(c1ccc(-c2c3ccccc3c(-c3cccc(-c4ccc5c(-c6ccc7ccccc7c6)c6ccccc6c(-c6ccc7ccccc7c6)c5c4)c3)c3ccccc23)cc1)N(c1ccccc1)c1ccccc1C. The highest BCUT2D eigenvalue weighted by atomic mass is 15.1. The number of fused-ring (bicyclic) bond motifs is 6. The normalized spacial score (nSPS) is 11.5. The Bertz CT molecular complexity index is 4540. The van der Waals surface area contributed by atoms with Crippen molar-refractivity contribution in [3.8, 4) is 55.6 Å². The molecule has 0 aromatic heterocycles. The van der Waals surface area contributed by atoms with Crippen LogP contribution >= 0.6 is 0 Å². The molecule has 0 atom stereocenters. The minimum atomic E-state index is 0.923. The Morgan fingerprint density at radius 3 is 1.22 bits per heavy atom. The Labute approximate surface area is 443 Å². The third kappa shape index (κ3) is 7.63. The molecule has 0 fully saturated rings. The van der Waals surface area contributed by atoms with Crippen LogP contribution in [0.2, 0.25) is 0 Å². The zero-order valence-electron chi connectivity index (χ0n) is 42.2. The molecule has 14 aromatic rings. The quantitative estimate of drug-likeness (QED) is 0.130. The molecule has 0 saturated carbocycles. The molecule has 0 N–H and O–H groups in total. The minimum Gasteiger partial charge on any atom is -0.310 e. The number of para-hydroxylation sites is 2. The van der Waals surface area contributed by atoms with Crippen molar-refractivity contribution in [2.75, 3.05) is 4.90 Å². The first-order valence-corrected chi connectivity index (χ1v) is 26.3. The van der Waals surface area contributed by atoms with Crippen molar-refractivity contribution in [3.05, 3.63) is 297 Å². The van der Waals surface area contributed by atoms with E-state index < -0.39 is 0 Å². The van der Waals surface area contributed by atoms with Crippen molar-refractivity contribution in [1.82, 2.24) is 0 Å². The summed E-state index contributed by atoms with van der Waals surface area (Å²) >= 11 is 0. The van der Waals surface area contributed by atoms with Gasteiger partial charge in [0.25, 0.3) is 0 Å². The van der Waals surface area contributed by atoms with Crippen LogP contribution in [-0.2, 0) is 0 Å². The Hall–Kier alpha value is -9.82. The summed E-state index contributed by atoms with van der Waals surface area (Å²) in [6.07, 6.45) is 0. The molecule has 0 saturated heterocycles. The molecule has 1 nitrogen and oxygen atoms in total. The van der Waals surface area contributed by atoms with Crippen molar-refractivity contribution in [3.63, 3.8) is 0 Å². The van der Waals surface area contributed by atoms with Crippen molar-refractivity contribution in [2.24, 2.45) is 0 Å². The maximum Gasteiger partial charge on any atom is 0.0490 e. The maximum atomic E-state index is 4.70. The van der Waals surface area contributed by atoms with E-state index in [2.05, 4.69) is 291 Å². The second-order valence-electron chi connectivity index (χ2n) is 20.1. The molecule has 0 spiro atoms. The predicted octanol–water partition coefficient (Wildman–Crippen LogP) is 21.1. The summed E-state index contributed by atoms with van der Waals surface area (Å²) in [6.45, 7) is 6.86. The summed E-state index contributed by atoms with van der Waals surface area (Å²) < 4.78 is 0. The fraction of sp³-hybridized carbons (Fsp3) is 0.0133. The summed E-state index contributed by atoms with van der Waals surface area (Å²) in [6, 6.07) is 103. The van der Waals surface area contributed by atoms with Gasteiger partial charge in [-0.2, -0.15) is 0 Å². The van der Waals surface area contributed by atoms with Crippen LogP contribution in [0.5, 0.6) is 0 Å². The van der Waals surface area contributed by atoms with Gasteiger partial charge in [0, 0.05) is 17.1 Å². The number of hydrogen-bond acceptors (Lipinski definition) is 1. The molecule has 1 heteroatoms. The third-order valence-corrected chi connectivity index (χ3v) is 15.7. The summed E-state index contributed by atoms with van der Waals surface area (Å²) in [4.78, 5) is 2.27. The van der Waals surface area contributed by atoms with E-state index in [1.807, 2.05) is 0 Å². The van der Waals surface area contributed by atoms with Crippen molar-refractivity contribution in [2.45, 2.75) is 6.92 Å². The van der Waals surface area contributed by atoms with Crippen molar-refractivity contribution >= 4 is 81.7 Å². The van der Waals surface area contributed by atoms with Gasteiger partial charge in [0.05, 0.1) is 0 Å². The molecule has 0 aliphatic heterocycles. The van der Waals surface area contributed by atoms with Crippen LogP contribution < -0.4 is 4.90 Å². The van der Waals surface area contributed by atoms with Gasteiger partial charge < -0.3 is 4.90 Å². The monoisotopic (exact) mass is 965 g/mol. The molecule has 0 unspecified atom stereocenters. The summed E-state index contributed by atoms with van der Waals surface area (Å²) in [5.74, 6) is 0. The van der Waals surface area contributed by atoms with Crippen LogP contribution in [0.15, 0.2) is 286 Å². The summed E-state index contributed by atoms with van der Waals surface area (Å²) in [5.41, 5.74) is 17.5. The van der Waals surface area contributed by atoms with E-state index in [1.165, 1.54) is 126 Å². The molecule has 356 valence electrons. The topological polar surface area (TPSA) is 3.24 Å². The van der Waals surface area contributed by atoms with E-state index in [1.54, 1.807) is 0 Å². The van der Waals surface area contributed by atoms with Gasteiger partial charge in [0.2, 0.25) is 0 Å². The highest BCUT2D eigenvalue weighted by molar-refractivity contribution is 6.24. The number of nitrogens with zero attached hydrogens (tertiary/aromatic N) is 1. The zero-order chi connectivity index (χ0) is 50.7. The molecule has 0 aliphatic rings. The molecule has 0 aliphatic carbocycles. The Morgan fingerprint density at radius 1 is 0.276 bits per heavy atom. The molecule has 14 aromatic carbocycles. The molecule has 76 heavy (non-hydrogen) atoms. The van der Waals surface area contributed by atoms with E-state index >= 15 is 0 Å². The number of aryl methyl sites for hydroxylation is 1. The Morgan fingerprint density at radius 2 is 0.671 bits per heavy atom. The lowest BCUT2D eigenvalue weighted by Crippen LogP contribution is -2.15. The van der Waals surface area contributed by atoms with Gasteiger partial charge in [-0.05, 0) is 181 Å². The van der Waals surface area contributed by atoms with Gasteiger partial charge in [-0.3, -0.25) is 0 Å². The van der Waals surface area contributed by atoms with Crippen LogP contribution in [0.1, 0.15) is 11.1 Å². The van der Waals surface area contributed by atoms with E-state index in [0.717, 1.165) is 22.6 Å². The van der Waals surface area contributed by atoms with Gasteiger partial charge in [-0.25, -0.2) is 0 Å². The standard InChI is InChI=1S/C75H51N/c1-49-19-6-17-34-71(49)76(62-26-4-3-5-27-62)50(2)51-35-39-54(40-36-51)72-63-28-11-13-30-65(63)73(66-31-14-12-29-64(66)72)59-25-18-24-57(47-59)58-43-44-69-70(48-58)75(61-42-38-53-21-8-10-23-56(53)46-61)68-33-16-15-32-67(68)74(69)60-41-37-52-20-7-9-22-55(52)45-60/h3-48H,2H2,1H3. The molecular formula is C75H51N. The molecular weight excluding hydrogens is 915 g/mol. The summed E-state index contributed by atoms with van der Waals surface area (Å²) in [7, 11) is 0. The molecule has 0 radical (unpaired) electrons. The smallest absolute Gasteiger partial charge is 0.0490 e. The lowest BCUT2D eigenvalue weighted by molar-refractivity contribution is 1.26. The van der Waals surface area contributed by atoms with Gasteiger partial charge >= 0.3 is 0 Å². The number of hydrogen-bond donors (Lipinski definition) is 0. The van der Waals surface area contributed by atoms with Crippen LogP contribution in [0.4, 0.5) is 11.4 Å². The predicted molar refractivity (Wildman–Crippen MR) is 327 cm³/mol. The average Bonchev–Trinajstić information content (AvgIpc) is 3.56. The zero-order valence-corrected chi connectivity index (χ0v) is 42.2. The average molecular weight is 966 g/mol. The van der Waals surface area contributed by atoms with Crippen molar-refractivity contribution < 1.29 is 0 Å². The number of anilines is 2. The lowest BCUT2D eigenvalue weighted by atomic mass is 9.83. The van der Waals surface area contributed by atoms with Gasteiger partial charge in [0.15, 0.2) is 0 Å². The highest BCUT2D eigenvalue weighted by Gasteiger charge is 2.22. The molecule has 0 amide bonds. The first-order valence-electron chi connectivity index (χ1n) is 26.3. The third-order valence-electron chi connectivity index (χ3n) is 15.7. The summed E-state index contributed by atoms with van der Waals surface area (Å²) in [5, 5.41) is 14.8. The molecule has 0 heterocycles. The maximum absolute atomic E-state index is 4.70. The number of benzene rings is 14. The lowest BCUT2D eigenvalue weighted by Gasteiger charge is -2.29. The van der Waals surface area contributed by atoms with Gasteiger partial charge in [0.1, 0.15) is 0 Å². The van der Waals surface area contributed by atoms with Crippen LogP contribution in [0, 0.1) is 6.92 Å². The van der Waals surface area contributed by atoms with E-state index in [0.29, 0.717) is 0 Å². The van der Waals surface area contributed by atoms with Gasteiger partial charge in [-0.1, -0.05) is 243 Å². The second kappa shape index (κ2) is 18.6. The van der Waals surface area contributed by atoms with E-state index in [4.69, 9.17) is 6.58 Å². The van der Waals surface area contributed by atoms with Crippen LogP contribution in [0.3, 0.4) is 0 Å². The highest BCUT2D eigenvalue weighted by Crippen LogP contribution is 2.48. The van der Waals surface area contributed by atoms with E-state index in [-0.39, 0.29) is 0 Å². The Balaban J connectivity index is 0.917. The molecule has 0 bridgehead atoms. The first-order chi connectivity index (χ1) is 37.5. The largest absolute Gasteiger partial charge is 0.310 e. The van der Waals surface area contributed by atoms with Crippen molar-refractivity contribution in [1.29, 1.82) is 0 Å². The fourth-order valence-electron chi connectivity index (χ4n) is 12.1. The second-order valence-corrected chi connectivity index (χ2v) is 20.1. The van der Waals surface area contributed by atoms with Crippen LogP contribution in [0.25, 0.3) is 126 Å². The molecule has 14 rings (SSSR count). The minimum absolute atomic E-state index is 0.923. The fourth-order valence-corrected chi connectivity index (χ4v) is 12.1. The van der Waals surface area contributed by atoms with Gasteiger partial charge in [-0.15, -0.1) is 0 Å².